The van der Waals surface area contributed by atoms with Crippen LogP contribution in [0.1, 0.15) is 284 Å². The largest absolute Gasteiger partial charge is 0.394 e. The summed E-state index contributed by atoms with van der Waals surface area (Å²) in [6.45, 7) is 3.77. The maximum atomic E-state index is 13.1. The van der Waals surface area contributed by atoms with Crippen molar-refractivity contribution in [1.29, 1.82) is 0 Å². The van der Waals surface area contributed by atoms with Crippen molar-refractivity contribution in [1.82, 2.24) is 5.32 Å². The predicted octanol–water partition coefficient (Wildman–Crippen LogP) is 15.9. The maximum Gasteiger partial charge on any atom is 0.220 e. The number of unbranched alkanes of at least 4 members (excludes halogenated alkanes) is 35. The van der Waals surface area contributed by atoms with Gasteiger partial charge in [0.2, 0.25) is 5.91 Å². The molecule has 9 heteroatoms. The Morgan fingerprint density at radius 2 is 0.822 bits per heavy atom. The van der Waals surface area contributed by atoms with Crippen LogP contribution in [0.25, 0.3) is 0 Å². The van der Waals surface area contributed by atoms with Gasteiger partial charge in [-0.1, -0.05) is 267 Å². The maximum absolute atomic E-state index is 13.1. The first kappa shape index (κ1) is 68.9. The molecule has 0 radical (unpaired) electrons. The van der Waals surface area contributed by atoms with E-state index < -0.39 is 49.5 Å². The third-order valence-electron chi connectivity index (χ3n) is 14.6. The van der Waals surface area contributed by atoms with Crippen molar-refractivity contribution < 1.29 is 39.8 Å². The van der Waals surface area contributed by atoms with Gasteiger partial charge in [-0.3, -0.25) is 4.79 Å². The number of carbonyl (C=O) groups is 1. The molecule has 0 saturated carbocycles. The first-order chi connectivity index (χ1) is 35.8. The van der Waals surface area contributed by atoms with Gasteiger partial charge in [-0.05, 0) is 70.6 Å². The lowest BCUT2D eigenvalue weighted by molar-refractivity contribution is -0.302. The molecule has 1 heterocycles. The van der Waals surface area contributed by atoms with E-state index in [4.69, 9.17) is 9.47 Å². The van der Waals surface area contributed by atoms with Gasteiger partial charge < -0.3 is 40.3 Å². The third kappa shape index (κ3) is 42.7. The number of carbonyl (C=O) groups excluding carboxylic acids is 1. The minimum Gasteiger partial charge on any atom is -0.394 e. The van der Waals surface area contributed by atoms with Crippen molar-refractivity contribution in [2.75, 3.05) is 13.2 Å². The molecule has 426 valence electrons. The summed E-state index contributed by atoms with van der Waals surface area (Å²) in [5.74, 6) is -0.185. The predicted molar refractivity (Wildman–Crippen MR) is 309 cm³/mol. The van der Waals surface area contributed by atoms with Crippen LogP contribution in [0.15, 0.2) is 60.8 Å². The summed E-state index contributed by atoms with van der Waals surface area (Å²) in [5, 5.41) is 54.5. The molecular formula is C64H117NO8. The summed E-state index contributed by atoms with van der Waals surface area (Å²) >= 11 is 0. The Bertz CT molecular complexity index is 1330. The highest BCUT2D eigenvalue weighted by atomic mass is 16.7. The van der Waals surface area contributed by atoms with E-state index in [-0.39, 0.29) is 12.5 Å². The van der Waals surface area contributed by atoms with E-state index in [9.17, 15) is 30.3 Å². The highest BCUT2D eigenvalue weighted by molar-refractivity contribution is 5.76. The van der Waals surface area contributed by atoms with Crippen LogP contribution in [0.5, 0.6) is 0 Å². The summed E-state index contributed by atoms with van der Waals surface area (Å²) in [7, 11) is 0. The van der Waals surface area contributed by atoms with Crippen molar-refractivity contribution in [3.05, 3.63) is 60.8 Å². The van der Waals surface area contributed by atoms with Gasteiger partial charge in [0, 0.05) is 6.42 Å². The average molecular weight is 1030 g/mol. The molecule has 73 heavy (non-hydrogen) atoms. The summed E-state index contributed by atoms with van der Waals surface area (Å²) in [6, 6.07) is -0.824. The van der Waals surface area contributed by atoms with E-state index in [0.717, 1.165) is 51.4 Å². The number of allylic oxidation sites excluding steroid dienone is 9. The molecule has 7 atom stereocenters. The van der Waals surface area contributed by atoms with Crippen molar-refractivity contribution in [2.24, 2.45) is 0 Å². The highest BCUT2D eigenvalue weighted by Crippen LogP contribution is 2.23. The van der Waals surface area contributed by atoms with E-state index >= 15 is 0 Å². The van der Waals surface area contributed by atoms with Crippen LogP contribution < -0.4 is 5.32 Å². The minimum atomic E-state index is -1.57. The van der Waals surface area contributed by atoms with Crippen LogP contribution in [-0.2, 0) is 14.3 Å². The van der Waals surface area contributed by atoms with Gasteiger partial charge in [0.05, 0.1) is 25.4 Å². The molecule has 1 aliphatic rings. The summed E-state index contributed by atoms with van der Waals surface area (Å²) in [5.41, 5.74) is 0. The highest BCUT2D eigenvalue weighted by Gasteiger charge is 2.44. The van der Waals surface area contributed by atoms with Gasteiger partial charge in [-0.25, -0.2) is 0 Å². The molecule has 7 unspecified atom stereocenters. The van der Waals surface area contributed by atoms with Crippen LogP contribution in [0.4, 0.5) is 0 Å². The number of hydrogen-bond acceptors (Lipinski definition) is 8. The summed E-state index contributed by atoms with van der Waals surface area (Å²) in [6.07, 6.45) is 65.8. The quantitative estimate of drug-likeness (QED) is 0.0261. The summed E-state index contributed by atoms with van der Waals surface area (Å²) < 4.78 is 11.3. The van der Waals surface area contributed by atoms with Crippen molar-refractivity contribution in [3.8, 4) is 0 Å². The van der Waals surface area contributed by atoms with E-state index in [1.807, 2.05) is 6.08 Å². The number of amides is 1. The second kappa shape index (κ2) is 53.3. The van der Waals surface area contributed by atoms with Crippen LogP contribution in [0.3, 0.4) is 0 Å². The number of hydrogen-bond donors (Lipinski definition) is 6. The van der Waals surface area contributed by atoms with Gasteiger partial charge in [0.15, 0.2) is 6.29 Å². The molecular weight excluding hydrogens is 911 g/mol. The number of aliphatic hydroxyl groups is 5. The van der Waals surface area contributed by atoms with Crippen LogP contribution in [0.2, 0.25) is 0 Å². The Labute approximate surface area is 449 Å². The number of ether oxygens (including phenoxy) is 2. The lowest BCUT2D eigenvalue weighted by atomic mass is 9.99. The number of nitrogens with one attached hydrogen (secondary N) is 1. The molecule has 0 aromatic carbocycles. The van der Waals surface area contributed by atoms with Gasteiger partial charge >= 0.3 is 0 Å². The fourth-order valence-corrected chi connectivity index (χ4v) is 9.65. The Kier molecular flexibility index (Phi) is 50.3. The van der Waals surface area contributed by atoms with E-state index in [2.05, 4.69) is 67.8 Å². The molecule has 1 fully saturated rings. The molecule has 0 spiro atoms. The second-order valence-electron chi connectivity index (χ2n) is 21.5. The van der Waals surface area contributed by atoms with Gasteiger partial charge in [-0.15, -0.1) is 0 Å². The minimum absolute atomic E-state index is 0.185. The molecule has 1 rings (SSSR count). The smallest absolute Gasteiger partial charge is 0.220 e. The van der Waals surface area contributed by atoms with E-state index in [1.165, 1.54) is 212 Å². The van der Waals surface area contributed by atoms with Crippen molar-refractivity contribution >= 4 is 5.91 Å². The molecule has 1 saturated heterocycles. The lowest BCUT2D eigenvalue weighted by Gasteiger charge is -2.40. The van der Waals surface area contributed by atoms with Gasteiger partial charge in [-0.2, -0.15) is 0 Å². The normalized spacial score (nSPS) is 19.5. The number of rotatable bonds is 53. The fraction of sp³-hybridized carbons (Fsp3) is 0.828. The Morgan fingerprint density at radius 3 is 1.25 bits per heavy atom. The standard InChI is InChI=1S/C64H117NO8/c1-3-5-7-9-11-13-15-17-19-21-23-24-25-26-27-28-29-30-31-32-33-34-36-38-40-42-44-46-48-50-52-54-60(68)65-57(56-72-64-63(71)62(70)61(69)59(55-66)73-64)58(67)53-51-49-47-45-43-41-39-37-35-22-20-18-16-14-12-10-8-6-4-2/h15,17,21,23,25-26,43,45,51,53,57-59,61-64,66-67,69-71H,3-14,16,18-20,22,24,27-42,44,46-50,52,54-56H2,1-2H3,(H,65,68)/b17-15-,23-21-,26-25-,45-43+,53-51+. The zero-order valence-corrected chi connectivity index (χ0v) is 47.4. The van der Waals surface area contributed by atoms with Crippen molar-refractivity contribution in [2.45, 2.75) is 326 Å². The zero-order valence-electron chi connectivity index (χ0n) is 47.4. The van der Waals surface area contributed by atoms with Crippen molar-refractivity contribution in [3.63, 3.8) is 0 Å². The fourth-order valence-electron chi connectivity index (χ4n) is 9.65. The lowest BCUT2D eigenvalue weighted by Crippen LogP contribution is -2.60. The number of aliphatic hydroxyl groups excluding tert-OH is 5. The van der Waals surface area contributed by atoms with Crippen LogP contribution in [0, 0.1) is 0 Å². The molecule has 0 bridgehead atoms. The molecule has 6 N–H and O–H groups in total. The average Bonchev–Trinajstić information content (AvgIpc) is 3.39. The topological polar surface area (TPSA) is 149 Å². The molecule has 0 aromatic rings. The Hall–Kier alpha value is -2.11. The molecule has 0 aliphatic carbocycles. The summed E-state index contributed by atoms with van der Waals surface area (Å²) in [4.78, 5) is 13.1. The van der Waals surface area contributed by atoms with E-state index in [0.29, 0.717) is 6.42 Å². The second-order valence-corrected chi connectivity index (χ2v) is 21.5. The zero-order chi connectivity index (χ0) is 52.9. The molecule has 1 amide bonds. The van der Waals surface area contributed by atoms with E-state index in [1.54, 1.807) is 6.08 Å². The molecule has 9 nitrogen and oxygen atoms in total. The Morgan fingerprint density at radius 1 is 0.466 bits per heavy atom. The SMILES string of the molecule is CCCCCCC/C=C\C/C=C\C/C=C\CCCCCCCCCCCCCCCCCCC(=O)NC(COC1OC(CO)C(O)C(O)C1O)C(O)/C=C/CC/C=C/CCCCCCCCCCCCCCC. The van der Waals surface area contributed by atoms with Gasteiger partial charge in [0.25, 0.3) is 0 Å². The monoisotopic (exact) mass is 1030 g/mol. The Balaban J connectivity index is 2.18. The molecule has 1 aliphatic heterocycles. The third-order valence-corrected chi connectivity index (χ3v) is 14.6. The first-order valence-electron chi connectivity index (χ1n) is 31.0. The van der Waals surface area contributed by atoms with Crippen LogP contribution >= 0.6 is 0 Å². The van der Waals surface area contributed by atoms with Gasteiger partial charge in [0.1, 0.15) is 24.4 Å². The molecule has 0 aromatic heterocycles. The van der Waals surface area contributed by atoms with Crippen LogP contribution in [-0.4, -0.2) is 87.5 Å². The first-order valence-corrected chi connectivity index (χ1v) is 31.0.